The Labute approximate surface area is 84.8 Å². The van der Waals surface area contributed by atoms with Crippen molar-refractivity contribution in [2.45, 2.75) is 10.8 Å². The molecule has 0 aliphatic carbocycles. The lowest BCUT2D eigenvalue weighted by Gasteiger charge is -1.92. The van der Waals surface area contributed by atoms with Gasteiger partial charge in [-0.05, 0) is 19.1 Å². The lowest BCUT2D eigenvalue weighted by atomic mass is 10.4. The Morgan fingerprint density at radius 1 is 1.50 bits per heavy atom. The van der Waals surface area contributed by atoms with Gasteiger partial charge in [-0.1, -0.05) is 28.7 Å². The zero-order chi connectivity index (χ0) is 8.55. The molecule has 62 valence electrons. The third kappa shape index (κ3) is 1.33. The highest BCUT2D eigenvalue weighted by molar-refractivity contribution is 14.1. The van der Waals surface area contributed by atoms with Crippen LogP contribution < -0.4 is 0 Å². The molecule has 0 aromatic carbocycles. The maximum absolute atomic E-state index is 4.47. The van der Waals surface area contributed by atoms with Gasteiger partial charge in [0.15, 0.2) is 0 Å². The summed E-state index contributed by atoms with van der Waals surface area (Å²) in [6.07, 6.45) is 4.09. The zero-order valence-electron chi connectivity index (χ0n) is 6.74. The maximum atomic E-state index is 4.47. The summed E-state index contributed by atoms with van der Waals surface area (Å²) in [6, 6.07) is 6.03. The van der Waals surface area contributed by atoms with Crippen LogP contribution in [0.5, 0.6) is 0 Å². The van der Waals surface area contributed by atoms with Gasteiger partial charge < -0.3 is 4.40 Å². The second kappa shape index (κ2) is 3.05. The summed E-state index contributed by atoms with van der Waals surface area (Å²) >= 11 is 2.37. The monoisotopic (exact) mass is 272 g/mol. The van der Waals surface area contributed by atoms with E-state index in [1.165, 1.54) is 0 Å². The third-order valence-corrected chi connectivity index (χ3v) is 2.43. The standard InChI is InChI=1S/C9H9IN2/c1-7(10)8-6-12-5-3-2-4-9(12)11-8/h2-7H,1H3. The van der Waals surface area contributed by atoms with Gasteiger partial charge in [-0.2, -0.15) is 0 Å². The number of rotatable bonds is 1. The van der Waals surface area contributed by atoms with Crippen LogP contribution in [0.2, 0.25) is 0 Å². The fourth-order valence-electron chi connectivity index (χ4n) is 1.15. The average Bonchev–Trinajstić information content (AvgIpc) is 2.46. The van der Waals surface area contributed by atoms with Gasteiger partial charge >= 0.3 is 0 Å². The summed E-state index contributed by atoms with van der Waals surface area (Å²) in [5.74, 6) is 0. The molecule has 2 aromatic rings. The van der Waals surface area contributed by atoms with E-state index < -0.39 is 0 Å². The summed E-state index contributed by atoms with van der Waals surface area (Å²) in [4.78, 5) is 4.47. The van der Waals surface area contributed by atoms with Gasteiger partial charge in [0.2, 0.25) is 0 Å². The van der Waals surface area contributed by atoms with Crippen molar-refractivity contribution in [1.82, 2.24) is 9.38 Å². The summed E-state index contributed by atoms with van der Waals surface area (Å²) < 4.78 is 2.52. The molecule has 0 saturated heterocycles. The fourth-order valence-corrected chi connectivity index (χ4v) is 1.45. The van der Waals surface area contributed by atoms with Gasteiger partial charge in [0.25, 0.3) is 0 Å². The van der Waals surface area contributed by atoms with E-state index in [9.17, 15) is 0 Å². The van der Waals surface area contributed by atoms with E-state index >= 15 is 0 Å². The quantitative estimate of drug-likeness (QED) is 0.576. The van der Waals surface area contributed by atoms with E-state index in [-0.39, 0.29) is 0 Å². The number of alkyl halides is 1. The minimum Gasteiger partial charge on any atom is -0.307 e. The lowest BCUT2D eigenvalue weighted by Crippen LogP contribution is -1.80. The number of nitrogens with zero attached hydrogens (tertiary/aromatic N) is 2. The molecule has 1 unspecified atom stereocenters. The van der Waals surface area contributed by atoms with Crippen LogP contribution in [0.3, 0.4) is 0 Å². The fraction of sp³-hybridized carbons (Fsp3) is 0.222. The Hall–Kier alpha value is -0.580. The first-order chi connectivity index (χ1) is 5.77. The summed E-state index contributed by atoms with van der Waals surface area (Å²) in [5, 5.41) is 0. The molecule has 0 spiro atoms. The topological polar surface area (TPSA) is 17.3 Å². The molecule has 2 rings (SSSR count). The highest BCUT2D eigenvalue weighted by Gasteiger charge is 2.04. The molecular formula is C9H9IN2. The second-order valence-corrected chi connectivity index (χ2v) is 4.62. The second-order valence-electron chi connectivity index (χ2n) is 2.75. The van der Waals surface area contributed by atoms with Crippen molar-refractivity contribution in [2.24, 2.45) is 0 Å². The van der Waals surface area contributed by atoms with Crippen molar-refractivity contribution in [3.8, 4) is 0 Å². The highest BCUT2D eigenvalue weighted by atomic mass is 127. The summed E-state index contributed by atoms with van der Waals surface area (Å²) in [7, 11) is 0. The van der Waals surface area contributed by atoms with Crippen LogP contribution in [0.25, 0.3) is 5.65 Å². The van der Waals surface area contributed by atoms with Crippen molar-refractivity contribution >= 4 is 28.2 Å². The lowest BCUT2D eigenvalue weighted by molar-refractivity contribution is 1.07. The molecule has 0 saturated carbocycles. The number of fused-ring (bicyclic) bond motifs is 1. The molecule has 0 aliphatic heterocycles. The van der Waals surface area contributed by atoms with Gasteiger partial charge in [0.1, 0.15) is 5.65 Å². The number of halogens is 1. The molecule has 0 radical (unpaired) electrons. The van der Waals surface area contributed by atoms with E-state index in [2.05, 4.69) is 40.7 Å². The predicted molar refractivity (Wildman–Crippen MR) is 57.6 cm³/mol. The Kier molecular flexibility index (Phi) is 2.04. The molecule has 3 heteroatoms. The zero-order valence-corrected chi connectivity index (χ0v) is 8.89. The van der Waals surface area contributed by atoms with Crippen LogP contribution >= 0.6 is 22.6 Å². The molecule has 0 bridgehead atoms. The van der Waals surface area contributed by atoms with Gasteiger partial charge in [-0.25, -0.2) is 4.98 Å². The van der Waals surface area contributed by atoms with Crippen LogP contribution in [0.4, 0.5) is 0 Å². The molecule has 0 aliphatic rings. The molecule has 2 nitrogen and oxygen atoms in total. The van der Waals surface area contributed by atoms with E-state index in [0.717, 1.165) is 11.3 Å². The van der Waals surface area contributed by atoms with Crippen molar-refractivity contribution < 1.29 is 0 Å². The van der Waals surface area contributed by atoms with Crippen LogP contribution in [0, 0.1) is 0 Å². The molecule has 2 heterocycles. The van der Waals surface area contributed by atoms with Crippen molar-refractivity contribution in [1.29, 1.82) is 0 Å². The van der Waals surface area contributed by atoms with E-state index in [4.69, 9.17) is 0 Å². The predicted octanol–water partition coefficient (Wildman–Crippen LogP) is 2.83. The normalized spacial score (nSPS) is 13.5. The number of hydrogen-bond donors (Lipinski definition) is 0. The molecule has 0 amide bonds. The molecule has 12 heavy (non-hydrogen) atoms. The largest absolute Gasteiger partial charge is 0.307 e. The molecule has 2 aromatic heterocycles. The Morgan fingerprint density at radius 3 is 3.00 bits per heavy atom. The number of hydrogen-bond acceptors (Lipinski definition) is 1. The van der Waals surface area contributed by atoms with Crippen LogP contribution in [0.1, 0.15) is 16.5 Å². The highest BCUT2D eigenvalue weighted by Crippen LogP contribution is 2.21. The average molecular weight is 272 g/mol. The van der Waals surface area contributed by atoms with Crippen molar-refractivity contribution in [3.63, 3.8) is 0 Å². The molecule has 0 fully saturated rings. The summed E-state index contributed by atoms with van der Waals surface area (Å²) in [5.41, 5.74) is 2.16. The first kappa shape index (κ1) is 8.04. The van der Waals surface area contributed by atoms with Crippen LogP contribution in [0.15, 0.2) is 30.6 Å². The van der Waals surface area contributed by atoms with Crippen molar-refractivity contribution in [2.75, 3.05) is 0 Å². The minimum absolute atomic E-state index is 0.475. The van der Waals surface area contributed by atoms with Crippen LogP contribution in [-0.2, 0) is 0 Å². The van der Waals surface area contributed by atoms with Gasteiger partial charge in [0, 0.05) is 12.4 Å². The first-order valence-electron chi connectivity index (χ1n) is 3.85. The van der Waals surface area contributed by atoms with Crippen LogP contribution in [-0.4, -0.2) is 9.38 Å². The van der Waals surface area contributed by atoms with Crippen molar-refractivity contribution in [3.05, 3.63) is 36.3 Å². The molecule has 1 atom stereocenters. The SMILES string of the molecule is CC(I)c1cn2ccccc2n1. The van der Waals surface area contributed by atoms with Gasteiger partial charge in [-0.15, -0.1) is 0 Å². The number of imidazole rings is 1. The van der Waals surface area contributed by atoms with E-state index in [1.807, 2.05) is 28.8 Å². The van der Waals surface area contributed by atoms with E-state index in [0.29, 0.717) is 3.92 Å². The number of pyridine rings is 1. The number of aromatic nitrogens is 2. The summed E-state index contributed by atoms with van der Waals surface area (Å²) in [6.45, 7) is 2.14. The van der Waals surface area contributed by atoms with E-state index in [1.54, 1.807) is 0 Å². The molecular weight excluding hydrogens is 263 g/mol. The minimum atomic E-state index is 0.475. The van der Waals surface area contributed by atoms with Gasteiger partial charge in [-0.3, -0.25) is 0 Å². The smallest absolute Gasteiger partial charge is 0.137 e. The van der Waals surface area contributed by atoms with Gasteiger partial charge in [0.05, 0.1) is 9.62 Å². The first-order valence-corrected chi connectivity index (χ1v) is 5.09. The third-order valence-electron chi connectivity index (χ3n) is 1.79. The molecule has 0 N–H and O–H groups in total. The Balaban J connectivity index is 2.62. The Morgan fingerprint density at radius 2 is 2.33 bits per heavy atom. The Bertz CT molecular complexity index is 359. The maximum Gasteiger partial charge on any atom is 0.137 e.